The van der Waals surface area contributed by atoms with Gasteiger partial charge in [0.1, 0.15) is 5.82 Å². The summed E-state index contributed by atoms with van der Waals surface area (Å²) in [5.41, 5.74) is 2.84. The molecule has 5 heteroatoms. The molecule has 0 aliphatic carbocycles. The summed E-state index contributed by atoms with van der Waals surface area (Å²) < 4.78 is 0. The zero-order valence-electron chi connectivity index (χ0n) is 14.6. The summed E-state index contributed by atoms with van der Waals surface area (Å²) >= 11 is 0. The van der Waals surface area contributed by atoms with Crippen molar-refractivity contribution in [3.63, 3.8) is 0 Å². The molecule has 0 fully saturated rings. The first-order valence-corrected chi connectivity index (χ1v) is 8.24. The van der Waals surface area contributed by atoms with Crippen molar-refractivity contribution in [3.8, 4) is 11.4 Å². The van der Waals surface area contributed by atoms with E-state index in [1.54, 1.807) is 4.90 Å². The van der Waals surface area contributed by atoms with Crippen LogP contribution in [-0.2, 0) is 17.8 Å². The average molecular weight is 325 g/mol. The number of H-pyrrole nitrogens is 1. The number of hydrogen-bond donors (Lipinski definition) is 1. The van der Waals surface area contributed by atoms with Gasteiger partial charge in [0.05, 0.1) is 17.8 Å². The van der Waals surface area contributed by atoms with Gasteiger partial charge in [-0.15, -0.1) is 0 Å². The van der Waals surface area contributed by atoms with Crippen LogP contribution in [0.1, 0.15) is 37.6 Å². The minimum atomic E-state index is -0.445. The van der Waals surface area contributed by atoms with E-state index in [0.29, 0.717) is 30.9 Å². The maximum Gasteiger partial charge on any atom is 0.256 e. The molecule has 1 aliphatic rings. The van der Waals surface area contributed by atoms with Crippen LogP contribution in [0.15, 0.2) is 29.1 Å². The minimum absolute atomic E-state index is 0.0651. The van der Waals surface area contributed by atoms with Gasteiger partial charge >= 0.3 is 0 Å². The van der Waals surface area contributed by atoms with Crippen LogP contribution in [0.2, 0.25) is 0 Å². The number of aromatic nitrogens is 2. The third-order valence-corrected chi connectivity index (χ3v) is 4.29. The Morgan fingerprint density at radius 3 is 2.71 bits per heavy atom. The molecule has 126 valence electrons. The number of rotatable bonds is 1. The molecule has 0 radical (unpaired) electrons. The molecule has 1 aliphatic heterocycles. The molecule has 2 heterocycles. The van der Waals surface area contributed by atoms with Crippen molar-refractivity contribution >= 4 is 5.91 Å². The zero-order chi connectivity index (χ0) is 17.5. The number of carbonyl (C=O) groups excluding carboxylic acids is 1. The Bertz CT molecular complexity index is 846. The Kier molecular flexibility index (Phi) is 4.03. The van der Waals surface area contributed by atoms with Crippen LogP contribution in [0.5, 0.6) is 0 Å². The lowest BCUT2D eigenvalue weighted by Gasteiger charge is -2.32. The lowest BCUT2D eigenvalue weighted by molar-refractivity contribution is -0.140. The zero-order valence-corrected chi connectivity index (χ0v) is 14.6. The van der Waals surface area contributed by atoms with Gasteiger partial charge in [-0.1, -0.05) is 44.5 Å². The molecule has 0 saturated heterocycles. The van der Waals surface area contributed by atoms with Crippen molar-refractivity contribution in [2.45, 2.75) is 40.7 Å². The number of carbonyl (C=O) groups is 1. The highest BCUT2D eigenvalue weighted by Crippen LogP contribution is 2.23. The highest BCUT2D eigenvalue weighted by atomic mass is 16.2. The van der Waals surface area contributed by atoms with Crippen LogP contribution >= 0.6 is 0 Å². The van der Waals surface area contributed by atoms with Crippen molar-refractivity contribution in [2.75, 3.05) is 6.54 Å². The van der Waals surface area contributed by atoms with Crippen molar-refractivity contribution in [3.05, 3.63) is 51.4 Å². The van der Waals surface area contributed by atoms with Crippen LogP contribution in [-0.4, -0.2) is 27.3 Å². The molecule has 0 unspecified atom stereocenters. The highest BCUT2D eigenvalue weighted by molar-refractivity contribution is 5.81. The van der Waals surface area contributed by atoms with Gasteiger partial charge in [-0.2, -0.15) is 0 Å². The molecule has 1 aromatic heterocycles. The highest BCUT2D eigenvalue weighted by Gasteiger charge is 2.31. The van der Waals surface area contributed by atoms with Crippen LogP contribution in [0.25, 0.3) is 11.4 Å². The van der Waals surface area contributed by atoms with Crippen molar-refractivity contribution in [1.82, 2.24) is 14.9 Å². The molecule has 0 spiro atoms. The van der Waals surface area contributed by atoms with E-state index in [1.165, 1.54) is 0 Å². The molecular weight excluding hydrogens is 302 g/mol. The number of fused-ring (bicyclic) bond motifs is 1. The maximum atomic E-state index is 12.5. The van der Waals surface area contributed by atoms with E-state index in [9.17, 15) is 9.59 Å². The third-order valence-electron chi connectivity index (χ3n) is 4.29. The van der Waals surface area contributed by atoms with Gasteiger partial charge in [0.2, 0.25) is 5.91 Å². The Morgan fingerprint density at radius 1 is 1.29 bits per heavy atom. The molecule has 3 rings (SSSR count). The molecule has 5 nitrogen and oxygen atoms in total. The summed E-state index contributed by atoms with van der Waals surface area (Å²) in [5.74, 6) is 0.661. The monoisotopic (exact) mass is 325 g/mol. The minimum Gasteiger partial charge on any atom is -0.337 e. The van der Waals surface area contributed by atoms with E-state index in [1.807, 2.05) is 52.0 Å². The fourth-order valence-electron chi connectivity index (χ4n) is 3.00. The lowest BCUT2D eigenvalue weighted by atomic mass is 9.93. The molecule has 0 bridgehead atoms. The number of benzene rings is 1. The molecular formula is C19H23N3O2. The number of nitrogens with one attached hydrogen (secondary N) is 1. The molecule has 24 heavy (non-hydrogen) atoms. The van der Waals surface area contributed by atoms with Crippen molar-refractivity contribution in [1.29, 1.82) is 0 Å². The van der Waals surface area contributed by atoms with E-state index < -0.39 is 5.41 Å². The SMILES string of the molecule is Cc1cccc(-c2nc3c(c(=O)[nH]2)CN(C(=O)C(C)(C)C)CC3)c1. The summed E-state index contributed by atoms with van der Waals surface area (Å²) in [6, 6.07) is 7.91. The lowest BCUT2D eigenvalue weighted by Crippen LogP contribution is -2.44. The van der Waals surface area contributed by atoms with Gasteiger partial charge in [-0.25, -0.2) is 4.98 Å². The number of hydrogen-bond acceptors (Lipinski definition) is 3. The second kappa shape index (κ2) is 5.89. The van der Waals surface area contributed by atoms with Crippen LogP contribution in [0.3, 0.4) is 0 Å². The smallest absolute Gasteiger partial charge is 0.256 e. The Morgan fingerprint density at radius 2 is 2.04 bits per heavy atom. The standard InChI is InChI=1S/C19H23N3O2/c1-12-6-5-7-13(10-12)16-20-15-8-9-22(18(24)19(2,3)4)11-14(15)17(23)21-16/h5-7,10H,8-9,11H2,1-4H3,(H,20,21,23). The predicted molar refractivity (Wildman–Crippen MR) is 93.6 cm³/mol. The van der Waals surface area contributed by atoms with Gasteiger partial charge in [-0.3, -0.25) is 9.59 Å². The molecule has 1 amide bonds. The Hall–Kier alpha value is -2.43. The first-order chi connectivity index (χ1) is 11.3. The van der Waals surface area contributed by atoms with Gasteiger partial charge in [0.25, 0.3) is 5.56 Å². The number of amides is 1. The summed E-state index contributed by atoms with van der Waals surface area (Å²) in [4.78, 5) is 34.3. The Labute approximate surface area is 141 Å². The normalized spacial score (nSPS) is 14.4. The predicted octanol–water partition coefficient (Wildman–Crippen LogP) is 2.68. The van der Waals surface area contributed by atoms with Gasteiger partial charge in [-0.05, 0) is 13.0 Å². The third kappa shape index (κ3) is 3.11. The fourth-order valence-corrected chi connectivity index (χ4v) is 3.00. The summed E-state index contributed by atoms with van der Waals surface area (Å²) in [6.07, 6.45) is 0.611. The van der Waals surface area contributed by atoms with Gasteiger partial charge < -0.3 is 9.88 Å². The van der Waals surface area contributed by atoms with Crippen LogP contribution in [0.4, 0.5) is 0 Å². The van der Waals surface area contributed by atoms with Crippen molar-refractivity contribution < 1.29 is 4.79 Å². The fraction of sp³-hybridized carbons (Fsp3) is 0.421. The van der Waals surface area contributed by atoms with E-state index in [2.05, 4.69) is 9.97 Å². The van der Waals surface area contributed by atoms with E-state index >= 15 is 0 Å². The van der Waals surface area contributed by atoms with Crippen LogP contribution < -0.4 is 5.56 Å². The Balaban J connectivity index is 1.95. The quantitative estimate of drug-likeness (QED) is 0.876. The first kappa shape index (κ1) is 16.4. The maximum absolute atomic E-state index is 12.5. The number of nitrogens with zero attached hydrogens (tertiary/aromatic N) is 2. The largest absolute Gasteiger partial charge is 0.337 e. The van der Waals surface area contributed by atoms with Crippen LogP contribution in [0, 0.1) is 12.3 Å². The van der Waals surface area contributed by atoms with E-state index in [0.717, 1.165) is 16.8 Å². The summed E-state index contributed by atoms with van der Waals surface area (Å²) in [6.45, 7) is 8.64. The van der Waals surface area contributed by atoms with Gasteiger partial charge in [0, 0.05) is 23.9 Å². The summed E-state index contributed by atoms with van der Waals surface area (Å²) in [7, 11) is 0. The van der Waals surface area contributed by atoms with Gasteiger partial charge in [0.15, 0.2) is 0 Å². The number of aryl methyl sites for hydroxylation is 1. The van der Waals surface area contributed by atoms with E-state index in [4.69, 9.17) is 0 Å². The molecule has 2 aromatic rings. The average Bonchev–Trinajstić information content (AvgIpc) is 2.53. The summed E-state index contributed by atoms with van der Waals surface area (Å²) in [5, 5.41) is 0. The topological polar surface area (TPSA) is 66.1 Å². The first-order valence-electron chi connectivity index (χ1n) is 8.24. The number of aromatic amines is 1. The molecule has 1 aromatic carbocycles. The van der Waals surface area contributed by atoms with Crippen molar-refractivity contribution in [2.24, 2.45) is 5.41 Å². The molecule has 0 atom stereocenters. The van der Waals surface area contributed by atoms with E-state index in [-0.39, 0.29) is 11.5 Å². The second-order valence-corrected chi connectivity index (χ2v) is 7.44. The molecule has 1 N–H and O–H groups in total. The second-order valence-electron chi connectivity index (χ2n) is 7.44. The molecule has 0 saturated carbocycles.